The summed E-state index contributed by atoms with van der Waals surface area (Å²) in [4.78, 5) is 15.8. The van der Waals surface area contributed by atoms with Gasteiger partial charge in [-0.2, -0.15) is 5.10 Å². The Kier molecular flexibility index (Phi) is 3.47. The number of aryl methyl sites for hydroxylation is 1. The number of aromatic nitrogens is 2. The SMILES string of the molecule is CCN1CCCn2nc(C(=O)N(C)C)cc2C1. The Labute approximate surface area is 102 Å². The molecule has 0 spiro atoms. The molecule has 5 nitrogen and oxygen atoms in total. The third-order valence-electron chi connectivity index (χ3n) is 3.17. The minimum atomic E-state index is -0.0198. The van der Waals surface area contributed by atoms with Gasteiger partial charge in [0.05, 0.1) is 5.69 Å². The summed E-state index contributed by atoms with van der Waals surface area (Å²) in [5.41, 5.74) is 1.71. The minimum absolute atomic E-state index is 0.0198. The van der Waals surface area contributed by atoms with E-state index in [-0.39, 0.29) is 5.91 Å². The highest BCUT2D eigenvalue weighted by atomic mass is 16.2. The number of rotatable bonds is 2. The third kappa shape index (κ3) is 2.49. The van der Waals surface area contributed by atoms with Crippen LogP contribution in [-0.2, 0) is 13.1 Å². The lowest BCUT2D eigenvalue weighted by atomic mass is 10.3. The Hall–Kier alpha value is -1.36. The maximum atomic E-state index is 11.8. The lowest BCUT2D eigenvalue weighted by Crippen LogP contribution is -2.23. The first-order chi connectivity index (χ1) is 8.11. The summed E-state index contributed by atoms with van der Waals surface area (Å²) in [5.74, 6) is -0.0198. The van der Waals surface area contributed by atoms with Gasteiger partial charge in [-0.25, -0.2) is 0 Å². The van der Waals surface area contributed by atoms with E-state index in [2.05, 4.69) is 16.9 Å². The van der Waals surface area contributed by atoms with Crippen molar-refractivity contribution in [1.29, 1.82) is 0 Å². The second-order valence-corrected chi connectivity index (χ2v) is 4.67. The molecule has 0 bridgehead atoms. The van der Waals surface area contributed by atoms with Gasteiger partial charge >= 0.3 is 0 Å². The van der Waals surface area contributed by atoms with E-state index in [4.69, 9.17) is 0 Å². The van der Waals surface area contributed by atoms with Gasteiger partial charge in [-0.15, -0.1) is 0 Å². The van der Waals surface area contributed by atoms with Crippen LogP contribution in [0.25, 0.3) is 0 Å². The molecule has 0 unspecified atom stereocenters. The number of amides is 1. The predicted molar refractivity (Wildman–Crippen MR) is 65.8 cm³/mol. The molecule has 0 aromatic carbocycles. The van der Waals surface area contributed by atoms with Gasteiger partial charge in [-0.3, -0.25) is 14.4 Å². The molecular weight excluding hydrogens is 216 g/mol. The Morgan fingerprint density at radius 2 is 2.24 bits per heavy atom. The summed E-state index contributed by atoms with van der Waals surface area (Å²) < 4.78 is 1.98. The van der Waals surface area contributed by atoms with Crippen LogP contribution in [-0.4, -0.2) is 52.7 Å². The smallest absolute Gasteiger partial charge is 0.273 e. The van der Waals surface area contributed by atoms with Gasteiger partial charge in [0.1, 0.15) is 0 Å². The summed E-state index contributed by atoms with van der Waals surface area (Å²) in [5, 5.41) is 4.40. The molecule has 17 heavy (non-hydrogen) atoms. The quantitative estimate of drug-likeness (QED) is 0.763. The van der Waals surface area contributed by atoms with Crippen molar-refractivity contribution in [2.45, 2.75) is 26.4 Å². The Bertz CT molecular complexity index is 411. The molecule has 0 saturated heterocycles. The number of hydrogen-bond acceptors (Lipinski definition) is 3. The highest BCUT2D eigenvalue weighted by Gasteiger charge is 2.19. The molecule has 1 amide bonds. The van der Waals surface area contributed by atoms with Crippen molar-refractivity contribution >= 4 is 5.91 Å². The van der Waals surface area contributed by atoms with Crippen molar-refractivity contribution in [2.75, 3.05) is 27.2 Å². The van der Waals surface area contributed by atoms with Crippen LogP contribution >= 0.6 is 0 Å². The van der Waals surface area contributed by atoms with Crippen LogP contribution in [0.5, 0.6) is 0 Å². The maximum Gasteiger partial charge on any atom is 0.273 e. The van der Waals surface area contributed by atoms with Gasteiger partial charge in [-0.1, -0.05) is 6.92 Å². The van der Waals surface area contributed by atoms with Crippen LogP contribution in [0.1, 0.15) is 29.5 Å². The van der Waals surface area contributed by atoms with Crippen molar-refractivity contribution in [1.82, 2.24) is 19.6 Å². The van der Waals surface area contributed by atoms with Gasteiger partial charge < -0.3 is 4.90 Å². The zero-order chi connectivity index (χ0) is 12.4. The molecule has 1 aliphatic heterocycles. The van der Waals surface area contributed by atoms with Gasteiger partial charge in [0.15, 0.2) is 5.69 Å². The van der Waals surface area contributed by atoms with E-state index in [1.807, 2.05) is 10.7 Å². The minimum Gasteiger partial charge on any atom is -0.343 e. The highest BCUT2D eigenvalue weighted by molar-refractivity contribution is 5.92. The Morgan fingerprint density at radius 3 is 2.88 bits per heavy atom. The van der Waals surface area contributed by atoms with Crippen LogP contribution in [0.15, 0.2) is 6.07 Å². The van der Waals surface area contributed by atoms with Crippen molar-refractivity contribution in [2.24, 2.45) is 0 Å². The molecule has 2 heterocycles. The standard InChI is InChI=1S/C12H20N4O/c1-4-15-6-5-7-16-10(9-15)8-11(13-16)12(17)14(2)3/h8H,4-7,9H2,1-3H3. The zero-order valence-corrected chi connectivity index (χ0v) is 10.8. The fraction of sp³-hybridized carbons (Fsp3) is 0.667. The number of nitrogens with zero attached hydrogens (tertiary/aromatic N) is 4. The first kappa shape index (κ1) is 12.1. The first-order valence-electron chi connectivity index (χ1n) is 6.12. The van der Waals surface area contributed by atoms with Crippen molar-refractivity contribution < 1.29 is 4.79 Å². The van der Waals surface area contributed by atoms with Gasteiger partial charge in [0.25, 0.3) is 5.91 Å². The number of hydrogen-bond donors (Lipinski definition) is 0. The van der Waals surface area contributed by atoms with Crippen LogP contribution in [0, 0.1) is 0 Å². The van der Waals surface area contributed by atoms with Crippen LogP contribution in [0.2, 0.25) is 0 Å². The predicted octanol–water partition coefficient (Wildman–Crippen LogP) is 0.810. The van der Waals surface area contributed by atoms with E-state index in [0.29, 0.717) is 5.69 Å². The fourth-order valence-electron chi connectivity index (χ4n) is 2.13. The molecule has 1 aromatic rings. The largest absolute Gasteiger partial charge is 0.343 e. The summed E-state index contributed by atoms with van der Waals surface area (Å²) in [6.45, 7) is 6.12. The van der Waals surface area contributed by atoms with Crippen molar-refractivity contribution in [3.8, 4) is 0 Å². The summed E-state index contributed by atoms with van der Waals surface area (Å²) >= 11 is 0. The van der Waals surface area contributed by atoms with Crippen LogP contribution < -0.4 is 0 Å². The second-order valence-electron chi connectivity index (χ2n) is 4.67. The molecule has 0 atom stereocenters. The number of carbonyl (C=O) groups is 1. The molecule has 1 aromatic heterocycles. The molecule has 94 valence electrons. The zero-order valence-electron chi connectivity index (χ0n) is 10.8. The monoisotopic (exact) mass is 236 g/mol. The van der Waals surface area contributed by atoms with E-state index in [9.17, 15) is 4.79 Å². The van der Waals surface area contributed by atoms with Gasteiger partial charge in [0.2, 0.25) is 0 Å². The molecule has 0 N–H and O–H groups in total. The van der Waals surface area contributed by atoms with E-state index >= 15 is 0 Å². The number of carbonyl (C=O) groups excluding carboxylic acids is 1. The lowest BCUT2D eigenvalue weighted by Gasteiger charge is -2.16. The average Bonchev–Trinajstić information content (AvgIpc) is 2.60. The van der Waals surface area contributed by atoms with E-state index < -0.39 is 0 Å². The van der Waals surface area contributed by atoms with E-state index in [1.165, 1.54) is 0 Å². The maximum absolute atomic E-state index is 11.8. The first-order valence-corrected chi connectivity index (χ1v) is 6.12. The normalized spacial score (nSPS) is 16.4. The Balaban J connectivity index is 2.23. The summed E-state index contributed by atoms with van der Waals surface area (Å²) in [6.07, 6.45) is 1.10. The van der Waals surface area contributed by atoms with Crippen LogP contribution in [0.3, 0.4) is 0 Å². The molecule has 5 heteroatoms. The second kappa shape index (κ2) is 4.87. The molecule has 2 rings (SSSR count). The van der Waals surface area contributed by atoms with E-state index in [1.54, 1.807) is 19.0 Å². The Morgan fingerprint density at radius 1 is 1.47 bits per heavy atom. The van der Waals surface area contributed by atoms with Gasteiger partial charge in [0, 0.05) is 33.7 Å². The number of fused-ring (bicyclic) bond motifs is 1. The fourth-order valence-corrected chi connectivity index (χ4v) is 2.13. The van der Waals surface area contributed by atoms with Crippen LogP contribution in [0.4, 0.5) is 0 Å². The molecular formula is C12H20N4O. The average molecular weight is 236 g/mol. The van der Waals surface area contributed by atoms with Crippen molar-refractivity contribution in [3.63, 3.8) is 0 Å². The lowest BCUT2D eigenvalue weighted by molar-refractivity contribution is 0.0821. The topological polar surface area (TPSA) is 41.4 Å². The molecule has 0 radical (unpaired) electrons. The van der Waals surface area contributed by atoms with E-state index in [0.717, 1.165) is 38.3 Å². The summed E-state index contributed by atoms with van der Waals surface area (Å²) in [6, 6.07) is 1.93. The molecule has 0 aliphatic carbocycles. The van der Waals surface area contributed by atoms with Gasteiger partial charge in [-0.05, 0) is 19.0 Å². The third-order valence-corrected chi connectivity index (χ3v) is 3.17. The highest BCUT2D eigenvalue weighted by Crippen LogP contribution is 2.14. The molecule has 0 saturated carbocycles. The summed E-state index contributed by atoms with van der Waals surface area (Å²) in [7, 11) is 3.51. The van der Waals surface area contributed by atoms with Crippen molar-refractivity contribution in [3.05, 3.63) is 17.5 Å². The molecule has 0 fully saturated rings. The molecule has 1 aliphatic rings.